The first kappa shape index (κ1) is 18.8. The number of carbonyl (C=O) groups is 3. The van der Waals surface area contributed by atoms with E-state index in [1.165, 1.54) is 5.56 Å². The molecule has 7 nitrogen and oxygen atoms in total. The first-order chi connectivity index (χ1) is 14.5. The average molecular weight is 404 g/mol. The van der Waals surface area contributed by atoms with E-state index in [-0.39, 0.29) is 24.1 Å². The number of fused-ring (bicyclic) bond motifs is 1. The number of nitrogens with two attached hydrogens (primary N) is 1. The van der Waals surface area contributed by atoms with Crippen LogP contribution >= 0.6 is 0 Å². The Morgan fingerprint density at radius 1 is 1.10 bits per heavy atom. The van der Waals surface area contributed by atoms with Crippen LogP contribution in [-0.4, -0.2) is 34.7 Å². The van der Waals surface area contributed by atoms with Crippen LogP contribution in [-0.2, 0) is 22.7 Å². The van der Waals surface area contributed by atoms with Crippen molar-refractivity contribution in [3.63, 3.8) is 0 Å². The number of anilines is 1. The zero-order chi connectivity index (χ0) is 20.8. The van der Waals surface area contributed by atoms with Crippen molar-refractivity contribution in [3.8, 4) is 0 Å². The Bertz CT molecular complexity index is 1030. The average Bonchev–Trinajstić information content (AvgIpc) is 3.39. The van der Waals surface area contributed by atoms with Crippen molar-refractivity contribution in [1.29, 1.82) is 0 Å². The molecular formula is C23H24N4O3. The molecule has 1 unspecified atom stereocenters. The van der Waals surface area contributed by atoms with E-state index in [9.17, 15) is 14.4 Å². The molecule has 3 atom stereocenters. The second-order valence-corrected chi connectivity index (χ2v) is 8.37. The number of amides is 3. The SMILES string of the molecule is N[C@@H]1C[C@H]1c1ccc(NCc2ccc3c(c2)C(=O)N(C2CCC(=O)NC2=O)C3)cc1. The van der Waals surface area contributed by atoms with E-state index in [2.05, 4.69) is 34.9 Å². The number of benzene rings is 2. The molecule has 0 spiro atoms. The summed E-state index contributed by atoms with van der Waals surface area (Å²) in [6.07, 6.45) is 1.70. The molecule has 2 fully saturated rings. The quantitative estimate of drug-likeness (QED) is 0.660. The van der Waals surface area contributed by atoms with Crippen LogP contribution in [0.3, 0.4) is 0 Å². The van der Waals surface area contributed by atoms with Crippen LogP contribution in [0, 0.1) is 0 Å². The van der Waals surface area contributed by atoms with Gasteiger partial charge in [-0.1, -0.05) is 24.3 Å². The van der Waals surface area contributed by atoms with E-state index in [0.29, 0.717) is 37.0 Å². The maximum atomic E-state index is 12.9. The van der Waals surface area contributed by atoms with Gasteiger partial charge in [0, 0.05) is 42.7 Å². The summed E-state index contributed by atoms with van der Waals surface area (Å²) in [5, 5.41) is 5.73. The minimum Gasteiger partial charge on any atom is -0.381 e. The van der Waals surface area contributed by atoms with Gasteiger partial charge in [0.05, 0.1) is 0 Å². The van der Waals surface area contributed by atoms with Crippen LogP contribution in [0.25, 0.3) is 0 Å². The lowest BCUT2D eigenvalue weighted by Crippen LogP contribution is -2.52. The van der Waals surface area contributed by atoms with Crippen molar-refractivity contribution in [1.82, 2.24) is 10.2 Å². The van der Waals surface area contributed by atoms with Crippen molar-refractivity contribution in [2.24, 2.45) is 5.73 Å². The zero-order valence-electron chi connectivity index (χ0n) is 16.6. The number of rotatable bonds is 5. The molecule has 1 aliphatic carbocycles. The number of nitrogens with zero attached hydrogens (tertiary/aromatic N) is 1. The molecule has 0 bridgehead atoms. The normalized spacial score (nSPS) is 25.2. The van der Waals surface area contributed by atoms with Gasteiger partial charge in [0.2, 0.25) is 11.8 Å². The third-order valence-electron chi connectivity index (χ3n) is 6.27. The summed E-state index contributed by atoms with van der Waals surface area (Å²) >= 11 is 0. The maximum absolute atomic E-state index is 12.9. The Labute approximate surface area is 174 Å². The largest absolute Gasteiger partial charge is 0.381 e. The molecular weight excluding hydrogens is 380 g/mol. The number of nitrogens with one attached hydrogen (secondary N) is 2. The van der Waals surface area contributed by atoms with Gasteiger partial charge in [0.1, 0.15) is 6.04 Å². The fourth-order valence-corrected chi connectivity index (χ4v) is 4.36. The third kappa shape index (κ3) is 3.45. The van der Waals surface area contributed by atoms with Gasteiger partial charge in [-0.15, -0.1) is 0 Å². The van der Waals surface area contributed by atoms with Gasteiger partial charge in [0.15, 0.2) is 0 Å². The van der Waals surface area contributed by atoms with E-state index in [1.807, 2.05) is 18.2 Å². The number of carbonyl (C=O) groups excluding carboxylic acids is 3. The molecule has 3 amide bonds. The Hall–Kier alpha value is -3.19. The summed E-state index contributed by atoms with van der Waals surface area (Å²) in [7, 11) is 0. The molecule has 0 aromatic heterocycles. The van der Waals surface area contributed by atoms with Crippen LogP contribution in [0.2, 0.25) is 0 Å². The van der Waals surface area contributed by atoms with Crippen LogP contribution in [0.1, 0.15) is 52.2 Å². The highest BCUT2D eigenvalue weighted by Gasteiger charge is 2.39. The van der Waals surface area contributed by atoms with E-state index in [4.69, 9.17) is 5.73 Å². The number of imide groups is 1. The minimum atomic E-state index is -0.581. The summed E-state index contributed by atoms with van der Waals surface area (Å²) in [6.45, 7) is 1.00. The number of hydrogen-bond donors (Lipinski definition) is 3. The summed E-state index contributed by atoms with van der Waals surface area (Å²) in [5.74, 6) is -0.313. The molecule has 2 aromatic rings. The molecule has 30 heavy (non-hydrogen) atoms. The first-order valence-electron chi connectivity index (χ1n) is 10.4. The van der Waals surface area contributed by atoms with Crippen molar-refractivity contribution in [2.75, 3.05) is 5.32 Å². The summed E-state index contributed by atoms with van der Waals surface area (Å²) < 4.78 is 0. The Kier molecular flexibility index (Phi) is 4.55. The van der Waals surface area contributed by atoms with Gasteiger partial charge in [-0.3, -0.25) is 19.7 Å². The predicted octanol–water partition coefficient (Wildman–Crippen LogP) is 1.87. The molecule has 154 valence electrons. The lowest BCUT2D eigenvalue weighted by Gasteiger charge is -2.29. The highest BCUT2D eigenvalue weighted by atomic mass is 16.2. The Morgan fingerprint density at radius 2 is 1.87 bits per heavy atom. The van der Waals surface area contributed by atoms with Gasteiger partial charge in [-0.2, -0.15) is 0 Å². The summed E-state index contributed by atoms with van der Waals surface area (Å²) in [4.78, 5) is 38.0. The van der Waals surface area contributed by atoms with Crippen LogP contribution in [0.4, 0.5) is 5.69 Å². The molecule has 1 saturated carbocycles. The first-order valence-corrected chi connectivity index (χ1v) is 10.4. The fraction of sp³-hybridized carbons (Fsp3) is 0.348. The van der Waals surface area contributed by atoms with Gasteiger partial charge in [0.25, 0.3) is 5.91 Å². The molecule has 2 aromatic carbocycles. The molecule has 1 saturated heterocycles. The lowest BCUT2D eigenvalue weighted by molar-refractivity contribution is -0.136. The molecule has 0 radical (unpaired) electrons. The monoisotopic (exact) mass is 404 g/mol. The van der Waals surface area contributed by atoms with Gasteiger partial charge >= 0.3 is 0 Å². The third-order valence-corrected chi connectivity index (χ3v) is 6.27. The maximum Gasteiger partial charge on any atom is 0.255 e. The van der Waals surface area contributed by atoms with Gasteiger partial charge < -0.3 is 16.0 Å². The lowest BCUT2D eigenvalue weighted by atomic mass is 10.0. The Morgan fingerprint density at radius 3 is 2.57 bits per heavy atom. The number of piperidine rings is 1. The van der Waals surface area contributed by atoms with Crippen molar-refractivity contribution >= 4 is 23.4 Å². The standard InChI is InChI=1S/C23H24N4O3/c24-19-10-17(19)14-3-5-16(6-4-14)25-11-13-1-2-15-12-27(23(30)18(15)9-13)20-7-8-21(28)26-22(20)29/h1-6,9,17,19-20,25H,7-8,10-12,24H2,(H,26,28,29)/t17-,19+,20?/m0/s1. The van der Waals surface area contributed by atoms with Crippen LogP contribution < -0.4 is 16.4 Å². The second-order valence-electron chi connectivity index (χ2n) is 8.37. The Balaban J connectivity index is 1.24. The topological polar surface area (TPSA) is 105 Å². The van der Waals surface area contributed by atoms with Crippen molar-refractivity contribution in [2.45, 2.75) is 50.4 Å². The van der Waals surface area contributed by atoms with E-state index in [0.717, 1.165) is 23.2 Å². The molecule has 2 aliphatic heterocycles. The molecule has 3 aliphatic rings. The summed E-state index contributed by atoms with van der Waals surface area (Å²) in [6, 6.07) is 13.9. The highest BCUT2D eigenvalue weighted by Crippen LogP contribution is 2.39. The predicted molar refractivity (Wildman–Crippen MR) is 112 cm³/mol. The van der Waals surface area contributed by atoms with Crippen LogP contribution in [0.15, 0.2) is 42.5 Å². The van der Waals surface area contributed by atoms with E-state index < -0.39 is 6.04 Å². The van der Waals surface area contributed by atoms with Crippen molar-refractivity contribution in [3.05, 3.63) is 64.7 Å². The van der Waals surface area contributed by atoms with Crippen molar-refractivity contribution < 1.29 is 14.4 Å². The summed E-state index contributed by atoms with van der Waals surface area (Å²) in [5.41, 5.74) is 10.8. The second kappa shape index (κ2) is 7.25. The van der Waals surface area contributed by atoms with Crippen LogP contribution in [0.5, 0.6) is 0 Å². The molecule has 7 heteroatoms. The molecule has 5 rings (SSSR count). The van der Waals surface area contributed by atoms with Gasteiger partial charge in [-0.05, 0) is 47.7 Å². The smallest absolute Gasteiger partial charge is 0.255 e. The fourth-order valence-electron chi connectivity index (χ4n) is 4.36. The zero-order valence-corrected chi connectivity index (χ0v) is 16.6. The highest BCUT2D eigenvalue weighted by molar-refractivity contribution is 6.05. The van der Waals surface area contributed by atoms with E-state index in [1.54, 1.807) is 4.90 Å². The number of hydrogen-bond acceptors (Lipinski definition) is 5. The van der Waals surface area contributed by atoms with Gasteiger partial charge in [-0.25, -0.2) is 0 Å². The van der Waals surface area contributed by atoms with E-state index >= 15 is 0 Å². The minimum absolute atomic E-state index is 0.147. The molecule has 4 N–H and O–H groups in total. The molecule has 2 heterocycles.